The van der Waals surface area contributed by atoms with Crippen LogP contribution in [0.4, 0.5) is 0 Å². The highest BCUT2D eigenvalue weighted by atomic mass is 16.5. The van der Waals surface area contributed by atoms with Gasteiger partial charge in [-0.25, -0.2) is 4.79 Å². The highest BCUT2D eigenvalue weighted by molar-refractivity contribution is 5.86. The molecule has 3 rings (SSSR count). The minimum atomic E-state index is -0.342. The summed E-state index contributed by atoms with van der Waals surface area (Å²) >= 11 is 0. The van der Waals surface area contributed by atoms with Crippen LogP contribution in [-0.2, 0) is 9.53 Å². The molecule has 0 amide bonds. The van der Waals surface area contributed by atoms with Crippen LogP contribution >= 0.6 is 0 Å². The van der Waals surface area contributed by atoms with Crippen LogP contribution in [0.3, 0.4) is 0 Å². The lowest BCUT2D eigenvalue weighted by atomic mass is 9.90. The fourth-order valence-electron chi connectivity index (χ4n) is 3.75. The smallest absolute Gasteiger partial charge is 0.330 e. The standard InChI is InChI=1S/C22H27N3O2/c1-4-27-21(26)14-13-17-9-5-10-18(24-17)19-11-6-12-20(25(19)3)22-16(2)8-7-15-23-22/h5,7-10,13-15,19-20H,4,6,11-12H2,1-3H3/b14-13+/t19-,20?/m1/s1. The number of carbonyl (C=O) groups excluding carboxylic acids is 1. The normalized spacial score (nSPS) is 20.7. The molecule has 1 saturated heterocycles. The van der Waals surface area contributed by atoms with Gasteiger partial charge >= 0.3 is 5.97 Å². The predicted molar refractivity (Wildman–Crippen MR) is 106 cm³/mol. The van der Waals surface area contributed by atoms with Crippen molar-refractivity contribution in [2.24, 2.45) is 0 Å². The highest BCUT2D eigenvalue weighted by Gasteiger charge is 2.31. The third kappa shape index (κ3) is 4.61. The Hall–Kier alpha value is -2.53. The van der Waals surface area contributed by atoms with Gasteiger partial charge in [0, 0.05) is 12.3 Å². The Morgan fingerprint density at radius 1 is 1.26 bits per heavy atom. The first-order valence-electron chi connectivity index (χ1n) is 9.55. The molecule has 1 aliphatic heterocycles. The van der Waals surface area contributed by atoms with Crippen LogP contribution < -0.4 is 0 Å². The van der Waals surface area contributed by atoms with Crippen LogP contribution in [0.5, 0.6) is 0 Å². The molecule has 2 atom stereocenters. The van der Waals surface area contributed by atoms with Crippen molar-refractivity contribution in [3.8, 4) is 0 Å². The van der Waals surface area contributed by atoms with E-state index in [1.54, 1.807) is 13.0 Å². The Bertz CT molecular complexity index is 819. The number of hydrogen-bond donors (Lipinski definition) is 0. The second kappa shape index (κ2) is 8.91. The van der Waals surface area contributed by atoms with E-state index in [0.717, 1.165) is 36.3 Å². The molecule has 0 spiro atoms. The van der Waals surface area contributed by atoms with Gasteiger partial charge in [0.15, 0.2) is 0 Å². The van der Waals surface area contributed by atoms with Crippen LogP contribution in [0.2, 0.25) is 0 Å². The lowest BCUT2D eigenvalue weighted by Gasteiger charge is -2.39. The number of ether oxygens (including phenoxy) is 1. The number of rotatable bonds is 5. The molecule has 0 saturated carbocycles. The summed E-state index contributed by atoms with van der Waals surface area (Å²) in [4.78, 5) is 23.3. The summed E-state index contributed by atoms with van der Waals surface area (Å²) in [6, 6.07) is 10.6. The number of likely N-dealkylation sites (tertiary alicyclic amines) is 1. The van der Waals surface area contributed by atoms with E-state index < -0.39 is 0 Å². The molecule has 3 heterocycles. The largest absolute Gasteiger partial charge is 0.463 e. The molecule has 0 radical (unpaired) electrons. The maximum Gasteiger partial charge on any atom is 0.330 e. The Morgan fingerprint density at radius 3 is 2.85 bits per heavy atom. The van der Waals surface area contributed by atoms with Gasteiger partial charge in [-0.2, -0.15) is 0 Å². The molecule has 1 unspecified atom stereocenters. The summed E-state index contributed by atoms with van der Waals surface area (Å²) in [7, 11) is 2.16. The lowest BCUT2D eigenvalue weighted by molar-refractivity contribution is -0.137. The number of aryl methyl sites for hydroxylation is 1. The van der Waals surface area contributed by atoms with Gasteiger partial charge in [0.1, 0.15) is 0 Å². The molecule has 142 valence electrons. The van der Waals surface area contributed by atoms with E-state index >= 15 is 0 Å². The van der Waals surface area contributed by atoms with Gasteiger partial charge in [-0.15, -0.1) is 0 Å². The van der Waals surface area contributed by atoms with Crippen molar-refractivity contribution in [3.63, 3.8) is 0 Å². The number of pyridine rings is 2. The number of esters is 1. The van der Waals surface area contributed by atoms with E-state index in [1.807, 2.05) is 24.4 Å². The Morgan fingerprint density at radius 2 is 2.07 bits per heavy atom. The molecular formula is C22H27N3O2. The van der Waals surface area contributed by atoms with Gasteiger partial charge in [-0.3, -0.25) is 14.9 Å². The van der Waals surface area contributed by atoms with E-state index in [1.165, 1.54) is 11.6 Å². The molecule has 0 aliphatic carbocycles. The zero-order valence-electron chi connectivity index (χ0n) is 16.3. The summed E-state index contributed by atoms with van der Waals surface area (Å²) in [6.45, 7) is 4.29. The monoisotopic (exact) mass is 365 g/mol. The second-order valence-corrected chi connectivity index (χ2v) is 6.91. The van der Waals surface area contributed by atoms with Crippen molar-refractivity contribution in [1.29, 1.82) is 0 Å². The van der Waals surface area contributed by atoms with Gasteiger partial charge in [0.05, 0.1) is 35.8 Å². The quantitative estimate of drug-likeness (QED) is 0.585. The van der Waals surface area contributed by atoms with Crippen LogP contribution in [-0.4, -0.2) is 34.5 Å². The first kappa shape index (κ1) is 19.2. The molecule has 5 nitrogen and oxygen atoms in total. The first-order valence-corrected chi connectivity index (χ1v) is 9.55. The van der Waals surface area contributed by atoms with Gasteiger partial charge in [0.25, 0.3) is 0 Å². The van der Waals surface area contributed by atoms with E-state index in [-0.39, 0.29) is 12.0 Å². The molecular weight excluding hydrogens is 338 g/mol. The van der Waals surface area contributed by atoms with Crippen LogP contribution in [0.15, 0.2) is 42.6 Å². The molecule has 2 aromatic rings. The predicted octanol–water partition coefficient (Wildman–Crippen LogP) is 4.26. The van der Waals surface area contributed by atoms with Gasteiger partial charge < -0.3 is 4.74 Å². The van der Waals surface area contributed by atoms with Crippen LogP contribution in [0, 0.1) is 6.92 Å². The molecule has 1 fully saturated rings. The summed E-state index contributed by atoms with van der Waals surface area (Å²) in [5, 5.41) is 0. The average molecular weight is 365 g/mol. The fourth-order valence-corrected chi connectivity index (χ4v) is 3.75. The molecule has 0 bridgehead atoms. The summed E-state index contributed by atoms with van der Waals surface area (Å²) < 4.78 is 4.93. The Kier molecular flexibility index (Phi) is 6.35. The van der Waals surface area contributed by atoms with E-state index in [0.29, 0.717) is 12.6 Å². The third-order valence-corrected chi connectivity index (χ3v) is 5.11. The summed E-state index contributed by atoms with van der Waals surface area (Å²) in [6.07, 6.45) is 8.33. The Balaban J connectivity index is 1.80. The Labute approximate surface area is 161 Å². The summed E-state index contributed by atoms with van der Waals surface area (Å²) in [5.41, 5.74) is 4.18. The van der Waals surface area contributed by atoms with E-state index in [2.05, 4.69) is 36.0 Å². The van der Waals surface area contributed by atoms with Crippen molar-refractivity contribution < 1.29 is 9.53 Å². The first-order chi connectivity index (χ1) is 13.1. The van der Waals surface area contributed by atoms with Crippen LogP contribution in [0.1, 0.15) is 60.9 Å². The van der Waals surface area contributed by atoms with Gasteiger partial charge in [-0.1, -0.05) is 12.1 Å². The molecule has 0 aromatic carbocycles. The molecule has 0 N–H and O–H groups in total. The van der Waals surface area contributed by atoms with Crippen molar-refractivity contribution in [2.45, 2.75) is 45.2 Å². The van der Waals surface area contributed by atoms with Gasteiger partial charge in [0.2, 0.25) is 0 Å². The number of nitrogens with zero attached hydrogens (tertiary/aromatic N) is 3. The van der Waals surface area contributed by atoms with Crippen molar-refractivity contribution in [2.75, 3.05) is 13.7 Å². The number of piperidine rings is 1. The maximum atomic E-state index is 11.5. The third-order valence-electron chi connectivity index (χ3n) is 5.11. The molecule has 27 heavy (non-hydrogen) atoms. The van der Waals surface area contributed by atoms with Crippen molar-refractivity contribution in [3.05, 3.63) is 65.2 Å². The number of aromatic nitrogens is 2. The molecule has 5 heteroatoms. The second-order valence-electron chi connectivity index (χ2n) is 6.91. The highest BCUT2D eigenvalue weighted by Crippen LogP contribution is 2.39. The minimum Gasteiger partial charge on any atom is -0.463 e. The SMILES string of the molecule is CCOC(=O)/C=C/c1cccc([C@H]2CCCC(c3ncccc3C)N2C)n1. The zero-order valence-corrected chi connectivity index (χ0v) is 16.3. The zero-order chi connectivity index (χ0) is 19.2. The van der Waals surface area contributed by atoms with Gasteiger partial charge in [-0.05, 0) is 70.0 Å². The van der Waals surface area contributed by atoms with E-state index in [4.69, 9.17) is 9.72 Å². The summed E-state index contributed by atoms with van der Waals surface area (Å²) in [5.74, 6) is -0.342. The average Bonchev–Trinajstić information content (AvgIpc) is 2.68. The minimum absolute atomic E-state index is 0.237. The fraction of sp³-hybridized carbons (Fsp3) is 0.409. The van der Waals surface area contributed by atoms with E-state index in [9.17, 15) is 4.79 Å². The topological polar surface area (TPSA) is 55.3 Å². The van der Waals surface area contributed by atoms with Crippen molar-refractivity contribution >= 4 is 12.0 Å². The number of hydrogen-bond acceptors (Lipinski definition) is 5. The number of carbonyl (C=O) groups is 1. The molecule has 2 aromatic heterocycles. The van der Waals surface area contributed by atoms with Crippen LogP contribution in [0.25, 0.3) is 6.08 Å². The molecule has 1 aliphatic rings. The van der Waals surface area contributed by atoms with Crippen molar-refractivity contribution in [1.82, 2.24) is 14.9 Å². The maximum absolute atomic E-state index is 11.5. The lowest BCUT2D eigenvalue weighted by Crippen LogP contribution is -2.34.